The lowest BCUT2D eigenvalue weighted by Gasteiger charge is -2.23. The number of hydrogen-bond acceptors (Lipinski definition) is 4. The number of aliphatic hydroxyl groups is 1. The molecule has 1 atom stereocenters. The van der Waals surface area contributed by atoms with E-state index in [1.54, 1.807) is 38.1 Å². The van der Waals surface area contributed by atoms with E-state index >= 15 is 0 Å². The maximum absolute atomic E-state index is 12.6. The monoisotopic (exact) mass is 282 g/mol. The van der Waals surface area contributed by atoms with E-state index in [1.165, 1.54) is 6.08 Å². The maximum atomic E-state index is 12.6. The lowest BCUT2D eigenvalue weighted by Crippen LogP contribution is -2.29. The summed E-state index contributed by atoms with van der Waals surface area (Å²) in [7, 11) is -3.58. The number of hydrogen-bond donors (Lipinski definition) is 1. The molecule has 0 bridgehead atoms. The van der Waals surface area contributed by atoms with E-state index in [0.29, 0.717) is 0 Å². The van der Waals surface area contributed by atoms with Crippen molar-refractivity contribution in [3.05, 3.63) is 40.8 Å². The Morgan fingerprint density at radius 3 is 2.32 bits per heavy atom. The average Bonchev–Trinajstić information content (AvgIpc) is 2.65. The summed E-state index contributed by atoms with van der Waals surface area (Å²) in [5.74, 6) is 0. The van der Waals surface area contributed by atoms with Gasteiger partial charge in [-0.05, 0) is 39.0 Å². The van der Waals surface area contributed by atoms with Crippen LogP contribution < -0.4 is 0 Å². The summed E-state index contributed by atoms with van der Waals surface area (Å²) in [5.41, 5.74) is 0.0833. The first-order chi connectivity index (χ1) is 8.77. The first-order valence-electron chi connectivity index (χ1n) is 6.10. The Kier molecular flexibility index (Phi) is 3.55. The molecule has 0 spiro atoms. The number of benzene rings is 1. The van der Waals surface area contributed by atoms with Crippen LogP contribution in [0.25, 0.3) is 0 Å². The van der Waals surface area contributed by atoms with E-state index in [2.05, 4.69) is 0 Å². The summed E-state index contributed by atoms with van der Waals surface area (Å²) in [6.07, 6.45) is 0.931. The molecule has 1 aromatic rings. The number of aliphatic hydroxyl groups excluding tert-OH is 1. The summed E-state index contributed by atoms with van der Waals surface area (Å²) >= 11 is 0. The third kappa shape index (κ3) is 2.59. The van der Waals surface area contributed by atoms with Crippen molar-refractivity contribution in [1.29, 1.82) is 0 Å². The molecular weight excluding hydrogens is 264 g/mol. The van der Waals surface area contributed by atoms with Crippen LogP contribution in [0.3, 0.4) is 0 Å². The molecule has 1 aromatic carbocycles. The molecule has 19 heavy (non-hydrogen) atoms. The van der Waals surface area contributed by atoms with Gasteiger partial charge in [0, 0.05) is 0 Å². The van der Waals surface area contributed by atoms with Crippen molar-refractivity contribution in [2.45, 2.75) is 37.4 Å². The maximum Gasteiger partial charge on any atom is 0.205 e. The van der Waals surface area contributed by atoms with Gasteiger partial charge in [0.25, 0.3) is 0 Å². The van der Waals surface area contributed by atoms with Gasteiger partial charge in [-0.1, -0.05) is 17.7 Å². The molecule has 0 amide bonds. The predicted molar refractivity (Wildman–Crippen MR) is 72.5 cm³/mol. The summed E-state index contributed by atoms with van der Waals surface area (Å²) in [5, 5.41) is 9.12. The molecule has 0 saturated carbocycles. The Bertz CT molecular complexity index is 597. The average molecular weight is 282 g/mol. The van der Waals surface area contributed by atoms with Gasteiger partial charge in [-0.3, -0.25) is 0 Å². The topological polar surface area (TPSA) is 63.6 Å². The molecule has 1 N–H and O–H groups in total. The minimum Gasteiger partial charge on any atom is -0.393 e. The molecule has 5 heteroatoms. The van der Waals surface area contributed by atoms with E-state index < -0.39 is 21.5 Å². The number of ether oxygens (including phenoxy) is 1. The third-order valence-electron chi connectivity index (χ3n) is 3.18. The van der Waals surface area contributed by atoms with Crippen LogP contribution >= 0.6 is 0 Å². The number of sulfone groups is 1. The van der Waals surface area contributed by atoms with Crippen LogP contribution in [0.1, 0.15) is 19.4 Å². The van der Waals surface area contributed by atoms with E-state index in [-0.39, 0.29) is 16.4 Å². The highest BCUT2D eigenvalue weighted by Gasteiger charge is 2.41. The summed E-state index contributed by atoms with van der Waals surface area (Å²) in [4.78, 5) is 0.461. The Hall–Kier alpha value is -1.17. The highest BCUT2D eigenvalue weighted by Crippen LogP contribution is 2.37. The van der Waals surface area contributed by atoms with E-state index in [9.17, 15) is 8.42 Å². The normalized spacial score (nSPS) is 22.3. The van der Waals surface area contributed by atoms with Gasteiger partial charge in [0.2, 0.25) is 9.84 Å². The molecule has 0 aliphatic carbocycles. The lowest BCUT2D eigenvalue weighted by atomic mass is 10.1. The van der Waals surface area contributed by atoms with Crippen molar-refractivity contribution >= 4 is 9.84 Å². The van der Waals surface area contributed by atoms with Crippen molar-refractivity contribution in [3.63, 3.8) is 0 Å². The van der Waals surface area contributed by atoms with Gasteiger partial charge in [-0.2, -0.15) is 0 Å². The van der Waals surface area contributed by atoms with Gasteiger partial charge < -0.3 is 9.84 Å². The minimum absolute atomic E-state index is 0.211. The Labute approximate surface area is 113 Å². The largest absolute Gasteiger partial charge is 0.393 e. The molecule has 104 valence electrons. The van der Waals surface area contributed by atoms with Gasteiger partial charge >= 0.3 is 0 Å². The second-order valence-electron chi connectivity index (χ2n) is 5.20. The zero-order valence-electron chi connectivity index (χ0n) is 11.3. The zero-order valence-corrected chi connectivity index (χ0v) is 12.1. The van der Waals surface area contributed by atoms with Crippen LogP contribution in [-0.4, -0.2) is 31.8 Å². The van der Waals surface area contributed by atoms with Gasteiger partial charge in [0.1, 0.15) is 6.10 Å². The second-order valence-corrected chi connectivity index (χ2v) is 7.11. The number of rotatable bonds is 3. The quantitative estimate of drug-likeness (QED) is 0.918. The molecule has 0 saturated heterocycles. The smallest absolute Gasteiger partial charge is 0.205 e. The van der Waals surface area contributed by atoms with Crippen molar-refractivity contribution in [1.82, 2.24) is 0 Å². The third-order valence-corrected chi connectivity index (χ3v) is 5.28. The van der Waals surface area contributed by atoms with Crippen LogP contribution in [0.5, 0.6) is 0 Å². The highest BCUT2D eigenvalue weighted by atomic mass is 32.2. The fraction of sp³-hybridized carbons (Fsp3) is 0.429. The zero-order chi connectivity index (χ0) is 14.3. The standard InChI is InChI=1S/C14H18O4S/c1-10-4-6-12(7-5-10)19(16,17)13-8-11(9-15)18-14(13,2)3/h4-8,11,15H,9H2,1-3H3. The second kappa shape index (κ2) is 4.74. The molecule has 1 aliphatic heterocycles. The van der Waals surface area contributed by atoms with Gasteiger partial charge in [0.05, 0.1) is 22.0 Å². The molecule has 4 nitrogen and oxygen atoms in total. The Balaban J connectivity index is 2.48. The fourth-order valence-electron chi connectivity index (χ4n) is 2.19. The van der Waals surface area contributed by atoms with Crippen LogP contribution in [0, 0.1) is 6.92 Å². The molecule has 1 unspecified atom stereocenters. The first kappa shape index (κ1) is 14.2. The highest BCUT2D eigenvalue weighted by molar-refractivity contribution is 7.95. The van der Waals surface area contributed by atoms with Crippen molar-refractivity contribution in [2.24, 2.45) is 0 Å². The van der Waals surface area contributed by atoms with Crippen molar-refractivity contribution in [2.75, 3.05) is 6.61 Å². The summed E-state index contributed by atoms with van der Waals surface area (Å²) in [6.45, 7) is 5.07. The molecular formula is C14H18O4S. The molecule has 0 radical (unpaired) electrons. The van der Waals surface area contributed by atoms with Crippen LogP contribution in [-0.2, 0) is 14.6 Å². The Morgan fingerprint density at radius 2 is 1.84 bits per heavy atom. The van der Waals surface area contributed by atoms with E-state index in [0.717, 1.165) is 5.56 Å². The SMILES string of the molecule is Cc1ccc(S(=O)(=O)C2=CC(CO)OC2(C)C)cc1. The molecule has 2 rings (SSSR count). The first-order valence-corrected chi connectivity index (χ1v) is 7.58. The van der Waals surface area contributed by atoms with Gasteiger partial charge in [-0.25, -0.2) is 8.42 Å². The summed E-state index contributed by atoms with van der Waals surface area (Å²) < 4.78 is 30.7. The van der Waals surface area contributed by atoms with Crippen LogP contribution in [0.4, 0.5) is 0 Å². The fourth-order valence-corrected chi connectivity index (χ4v) is 3.96. The van der Waals surface area contributed by atoms with Crippen LogP contribution in [0.15, 0.2) is 40.1 Å². The minimum atomic E-state index is -3.58. The predicted octanol–water partition coefficient (Wildman–Crippen LogP) is 1.82. The number of aryl methyl sites for hydroxylation is 1. The Morgan fingerprint density at radius 1 is 1.26 bits per heavy atom. The van der Waals surface area contributed by atoms with Crippen LogP contribution in [0.2, 0.25) is 0 Å². The van der Waals surface area contributed by atoms with E-state index in [1.807, 2.05) is 6.92 Å². The van der Waals surface area contributed by atoms with Crippen molar-refractivity contribution < 1.29 is 18.3 Å². The van der Waals surface area contributed by atoms with Gasteiger partial charge in [0.15, 0.2) is 0 Å². The summed E-state index contributed by atoms with van der Waals surface area (Å²) in [6, 6.07) is 6.71. The lowest BCUT2D eigenvalue weighted by molar-refractivity contribution is -0.0239. The molecule has 1 aliphatic rings. The van der Waals surface area contributed by atoms with E-state index in [4.69, 9.17) is 9.84 Å². The molecule has 0 aromatic heterocycles. The van der Waals surface area contributed by atoms with Gasteiger partial charge in [-0.15, -0.1) is 0 Å². The molecule has 0 fully saturated rings. The van der Waals surface area contributed by atoms with Crippen molar-refractivity contribution in [3.8, 4) is 0 Å². The molecule has 1 heterocycles.